The number of rotatable bonds is 3. The number of imidazole rings is 1. The molecule has 0 aliphatic carbocycles. The minimum absolute atomic E-state index is 0.161. The Kier molecular flexibility index (Phi) is 4.94. The van der Waals surface area contributed by atoms with Crippen molar-refractivity contribution in [2.45, 2.75) is 26.1 Å². The average molecular weight is 401 g/mol. The van der Waals surface area contributed by atoms with E-state index >= 15 is 0 Å². The van der Waals surface area contributed by atoms with Crippen LogP contribution >= 0.6 is 0 Å². The number of nitrogens with zero attached hydrogens (tertiary/aromatic N) is 4. The number of aromatic amines is 1. The van der Waals surface area contributed by atoms with Gasteiger partial charge in [-0.15, -0.1) is 0 Å². The lowest BCUT2D eigenvalue weighted by Gasteiger charge is -2.41. The Morgan fingerprint density at radius 3 is 2.41 bits per heavy atom. The van der Waals surface area contributed by atoms with Crippen LogP contribution in [0.4, 0.5) is 24.7 Å². The third-order valence-electron chi connectivity index (χ3n) is 5.21. The van der Waals surface area contributed by atoms with Gasteiger partial charge in [0, 0.05) is 49.3 Å². The molecule has 0 unspecified atom stereocenters. The van der Waals surface area contributed by atoms with Gasteiger partial charge >= 0.3 is 6.18 Å². The lowest BCUT2D eigenvalue weighted by atomic mass is 10.1. The van der Waals surface area contributed by atoms with Crippen LogP contribution in [-0.4, -0.2) is 40.6 Å². The molecule has 1 aliphatic rings. The van der Waals surface area contributed by atoms with E-state index in [9.17, 15) is 13.2 Å². The number of aromatic nitrogens is 3. The lowest BCUT2D eigenvalue weighted by molar-refractivity contribution is -0.140. The summed E-state index contributed by atoms with van der Waals surface area (Å²) >= 11 is 0. The van der Waals surface area contributed by atoms with Crippen LogP contribution in [-0.2, 0) is 6.18 Å². The molecule has 8 heteroatoms. The molecular weight excluding hydrogens is 379 g/mol. The highest BCUT2D eigenvalue weighted by Crippen LogP contribution is 2.30. The molecule has 0 amide bonds. The summed E-state index contributed by atoms with van der Waals surface area (Å²) in [5, 5.41) is 0. The molecule has 1 N–H and O–H groups in total. The fourth-order valence-corrected chi connectivity index (χ4v) is 3.60. The van der Waals surface area contributed by atoms with Crippen molar-refractivity contribution in [1.29, 1.82) is 0 Å². The van der Waals surface area contributed by atoms with Crippen LogP contribution in [0.3, 0.4) is 0 Å². The number of piperazine rings is 1. The first-order chi connectivity index (χ1) is 13.8. The number of halogens is 3. The minimum Gasteiger partial charge on any atom is -0.368 e. The first-order valence-corrected chi connectivity index (χ1v) is 9.48. The zero-order valence-corrected chi connectivity index (χ0v) is 16.2. The summed E-state index contributed by atoms with van der Waals surface area (Å²) in [6, 6.07) is 12.4. The maximum absolute atomic E-state index is 12.7. The Morgan fingerprint density at radius 1 is 1.07 bits per heavy atom. The van der Waals surface area contributed by atoms with E-state index in [0.717, 1.165) is 31.6 Å². The van der Waals surface area contributed by atoms with Crippen molar-refractivity contribution in [3.8, 4) is 11.4 Å². The zero-order chi connectivity index (χ0) is 20.6. The molecule has 1 saturated heterocycles. The summed E-state index contributed by atoms with van der Waals surface area (Å²) in [7, 11) is 0. The number of aryl methyl sites for hydroxylation is 1. The molecule has 1 aromatic carbocycles. The topological polar surface area (TPSA) is 48.0 Å². The van der Waals surface area contributed by atoms with Crippen molar-refractivity contribution in [3.05, 3.63) is 60.0 Å². The maximum Gasteiger partial charge on any atom is 0.434 e. The molecule has 0 bridgehead atoms. The van der Waals surface area contributed by atoms with E-state index in [4.69, 9.17) is 0 Å². The lowest BCUT2D eigenvalue weighted by Crippen LogP contribution is -2.52. The van der Waals surface area contributed by atoms with Gasteiger partial charge < -0.3 is 14.8 Å². The predicted octanol–water partition coefficient (Wildman–Crippen LogP) is 4.51. The van der Waals surface area contributed by atoms with Crippen LogP contribution in [0, 0.1) is 6.92 Å². The molecule has 0 saturated carbocycles. The SMILES string of the molecule is Cc1ccc(N2CCN(c3ccc(-c4nc(C(F)(F)F)c[nH]4)cn3)[C@@H](C)C2)cc1. The summed E-state index contributed by atoms with van der Waals surface area (Å²) in [5.74, 6) is 0.973. The van der Waals surface area contributed by atoms with Gasteiger partial charge in [-0.25, -0.2) is 9.97 Å². The van der Waals surface area contributed by atoms with Gasteiger partial charge in [-0.2, -0.15) is 13.2 Å². The highest BCUT2D eigenvalue weighted by Gasteiger charge is 2.34. The Hall–Kier alpha value is -3.03. The average Bonchev–Trinajstić information content (AvgIpc) is 3.19. The van der Waals surface area contributed by atoms with Crippen LogP contribution in [0.2, 0.25) is 0 Å². The van der Waals surface area contributed by atoms with E-state index in [-0.39, 0.29) is 11.9 Å². The summed E-state index contributed by atoms with van der Waals surface area (Å²) in [6.45, 7) is 6.80. The van der Waals surface area contributed by atoms with E-state index < -0.39 is 11.9 Å². The molecule has 0 spiro atoms. The highest BCUT2D eigenvalue weighted by molar-refractivity contribution is 5.58. The molecule has 0 radical (unpaired) electrons. The highest BCUT2D eigenvalue weighted by atomic mass is 19.4. The number of benzene rings is 1. The Balaban J connectivity index is 1.45. The second kappa shape index (κ2) is 7.42. The molecule has 2 aromatic heterocycles. The Labute approximate surface area is 167 Å². The molecule has 1 aliphatic heterocycles. The number of nitrogens with one attached hydrogen (secondary N) is 1. The Bertz CT molecular complexity index is 963. The van der Waals surface area contributed by atoms with Crippen molar-refractivity contribution in [2.75, 3.05) is 29.4 Å². The van der Waals surface area contributed by atoms with Crippen LogP contribution in [0.25, 0.3) is 11.4 Å². The molecule has 3 aromatic rings. The molecule has 5 nitrogen and oxygen atoms in total. The normalized spacial score (nSPS) is 17.6. The maximum atomic E-state index is 12.7. The van der Waals surface area contributed by atoms with Gasteiger partial charge in [-0.05, 0) is 38.1 Å². The van der Waals surface area contributed by atoms with Crippen molar-refractivity contribution in [2.24, 2.45) is 0 Å². The number of hydrogen-bond acceptors (Lipinski definition) is 4. The van der Waals surface area contributed by atoms with Gasteiger partial charge in [-0.3, -0.25) is 0 Å². The first kappa shape index (κ1) is 19.3. The Morgan fingerprint density at radius 2 is 1.83 bits per heavy atom. The van der Waals surface area contributed by atoms with E-state index in [1.807, 2.05) is 6.07 Å². The van der Waals surface area contributed by atoms with Gasteiger partial charge in [0.1, 0.15) is 11.6 Å². The van der Waals surface area contributed by atoms with Crippen LogP contribution < -0.4 is 9.80 Å². The van der Waals surface area contributed by atoms with E-state index in [2.05, 4.69) is 62.9 Å². The summed E-state index contributed by atoms with van der Waals surface area (Å²) in [6.07, 6.45) is -2.03. The smallest absolute Gasteiger partial charge is 0.368 e. The second-order valence-electron chi connectivity index (χ2n) is 7.36. The molecular formula is C21H22F3N5. The standard InChI is InChI=1S/C21H22F3N5/c1-14-3-6-17(7-4-14)28-9-10-29(15(2)13-28)19-8-5-16(11-25-19)20-26-12-18(27-20)21(22,23)24/h3-8,11-12,15H,9-10,13H2,1-2H3,(H,26,27)/t15-/m0/s1. The van der Waals surface area contributed by atoms with Gasteiger partial charge in [0.25, 0.3) is 0 Å². The van der Waals surface area contributed by atoms with Gasteiger partial charge in [0.15, 0.2) is 5.69 Å². The van der Waals surface area contributed by atoms with Gasteiger partial charge in [-0.1, -0.05) is 17.7 Å². The summed E-state index contributed by atoms with van der Waals surface area (Å²) in [4.78, 5) is 15.2. The number of alkyl halides is 3. The van der Waals surface area contributed by atoms with E-state index in [0.29, 0.717) is 5.56 Å². The zero-order valence-electron chi connectivity index (χ0n) is 16.2. The summed E-state index contributed by atoms with van der Waals surface area (Å²) < 4.78 is 38.2. The largest absolute Gasteiger partial charge is 0.434 e. The third-order valence-corrected chi connectivity index (χ3v) is 5.21. The fourth-order valence-electron chi connectivity index (χ4n) is 3.60. The molecule has 29 heavy (non-hydrogen) atoms. The molecule has 1 atom stereocenters. The van der Waals surface area contributed by atoms with Crippen LogP contribution in [0.1, 0.15) is 18.2 Å². The summed E-state index contributed by atoms with van der Waals surface area (Å²) in [5.41, 5.74) is 2.04. The molecule has 4 rings (SSSR count). The van der Waals surface area contributed by atoms with Crippen molar-refractivity contribution in [1.82, 2.24) is 15.0 Å². The van der Waals surface area contributed by atoms with Crippen LogP contribution in [0.5, 0.6) is 0 Å². The number of H-pyrrole nitrogens is 1. The number of anilines is 2. The van der Waals surface area contributed by atoms with Crippen LogP contribution in [0.15, 0.2) is 48.8 Å². The van der Waals surface area contributed by atoms with Crippen molar-refractivity contribution in [3.63, 3.8) is 0 Å². The third kappa shape index (κ3) is 4.06. The fraction of sp³-hybridized carbons (Fsp3) is 0.333. The number of pyridine rings is 1. The quantitative estimate of drug-likeness (QED) is 0.701. The minimum atomic E-state index is -4.46. The first-order valence-electron chi connectivity index (χ1n) is 9.48. The van der Waals surface area contributed by atoms with Crippen molar-refractivity contribution >= 4 is 11.5 Å². The monoisotopic (exact) mass is 401 g/mol. The molecule has 152 valence electrons. The molecule has 3 heterocycles. The number of hydrogen-bond donors (Lipinski definition) is 1. The van der Waals surface area contributed by atoms with Gasteiger partial charge in [0.05, 0.1) is 0 Å². The molecule has 1 fully saturated rings. The van der Waals surface area contributed by atoms with E-state index in [1.54, 1.807) is 12.3 Å². The van der Waals surface area contributed by atoms with Gasteiger partial charge in [0.2, 0.25) is 0 Å². The second-order valence-corrected chi connectivity index (χ2v) is 7.36. The predicted molar refractivity (Wildman–Crippen MR) is 107 cm³/mol. The van der Waals surface area contributed by atoms with E-state index in [1.165, 1.54) is 11.3 Å². The van der Waals surface area contributed by atoms with Crippen molar-refractivity contribution < 1.29 is 13.2 Å².